The molecule has 0 fully saturated rings. The molecule has 0 saturated heterocycles. The Hall–Kier alpha value is -2.12. The molecule has 0 aliphatic heterocycles. The Kier molecular flexibility index (Phi) is 5.80. The van der Waals surface area contributed by atoms with Crippen LogP contribution in [0.15, 0.2) is 41.3 Å². The van der Waals surface area contributed by atoms with Gasteiger partial charge < -0.3 is 14.0 Å². The molecule has 1 N–H and O–H groups in total. The molecule has 130 valence electrons. The molecular formula is C17H19FO5S. The van der Waals surface area contributed by atoms with E-state index in [9.17, 15) is 12.8 Å². The second kappa shape index (κ2) is 7.63. The van der Waals surface area contributed by atoms with Gasteiger partial charge in [-0.15, -0.1) is 0 Å². The van der Waals surface area contributed by atoms with Crippen LogP contribution in [0.2, 0.25) is 0 Å². The van der Waals surface area contributed by atoms with Crippen LogP contribution in [0.3, 0.4) is 0 Å². The van der Waals surface area contributed by atoms with Crippen molar-refractivity contribution in [3.63, 3.8) is 0 Å². The number of hydrogen-bond donors (Lipinski definition) is 1. The molecule has 0 spiro atoms. The monoisotopic (exact) mass is 354 g/mol. The fraction of sp³-hybridized carbons (Fsp3) is 0.294. The number of ether oxygens (including phenoxy) is 1. The highest BCUT2D eigenvalue weighted by Gasteiger charge is 2.20. The molecule has 24 heavy (non-hydrogen) atoms. The first-order valence-electron chi connectivity index (χ1n) is 7.38. The molecule has 2 aromatic carbocycles. The third-order valence-corrected chi connectivity index (χ3v) is 4.61. The van der Waals surface area contributed by atoms with Gasteiger partial charge in [-0.25, -0.2) is 4.39 Å². The molecule has 0 heterocycles. The van der Waals surface area contributed by atoms with Crippen LogP contribution < -0.4 is 8.92 Å². The molecule has 0 aromatic heterocycles. The fourth-order valence-corrected chi connectivity index (χ4v) is 3.27. The Bertz CT molecular complexity index is 818. The molecule has 0 aliphatic rings. The molecule has 0 aliphatic carbocycles. The molecule has 0 amide bonds. The van der Waals surface area contributed by atoms with Gasteiger partial charge in [-0.2, -0.15) is 8.42 Å². The van der Waals surface area contributed by atoms with E-state index >= 15 is 0 Å². The fourth-order valence-electron chi connectivity index (χ4n) is 2.11. The van der Waals surface area contributed by atoms with Crippen molar-refractivity contribution in [2.24, 2.45) is 0 Å². The Labute approximate surface area is 140 Å². The van der Waals surface area contributed by atoms with Crippen molar-refractivity contribution in [1.29, 1.82) is 0 Å². The van der Waals surface area contributed by atoms with Gasteiger partial charge in [0.05, 0.1) is 6.61 Å². The van der Waals surface area contributed by atoms with Crippen molar-refractivity contribution in [3.8, 4) is 11.5 Å². The summed E-state index contributed by atoms with van der Waals surface area (Å²) in [6.07, 6.45) is 0.463. The molecule has 0 saturated carbocycles. The third-order valence-electron chi connectivity index (χ3n) is 3.22. The minimum absolute atomic E-state index is 0.00238. The van der Waals surface area contributed by atoms with Crippen LogP contribution in [-0.4, -0.2) is 26.7 Å². The molecule has 7 heteroatoms. The van der Waals surface area contributed by atoms with Crippen molar-refractivity contribution in [2.45, 2.75) is 25.2 Å². The maximum atomic E-state index is 13.4. The minimum Gasteiger partial charge on any atom is -0.493 e. The predicted octanol–water partition coefficient (Wildman–Crippen LogP) is 2.97. The van der Waals surface area contributed by atoms with Gasteiger partial charge in [-0.1, -0.05) is 6.07 Å². The van der Waals surface area contributed by atoms with Crippen molar-refractivity contribution in [1.82, 2.24) is 0 Å². The lowest BCUT2D eigenvalue weighted by molar-refractivity contribution is 0.233. The van der Waals surface area contributed by atoms with Crippen molar-refractivity contribution < 1.29 is 26.8 Å². The Balaban J connectivity index is 2.27. The maximum Gasteiger partial charge on any atom is 0.339 e. The van der Waals surface area contributed by atoms with Crippen LogP contribution in [0.1, 0.15) is 17.5 Å². The van der Waals surface area contributed by atoms with Crippen molar-refractivity contribution >= 4 is 10.1 Å². The summed E-state index contributed by atoms with van der Waals surface area (Å²) in [5, 5.41) is 8.77. The van der Waals surface area contributed by atoms with E-state index < -0.39 is 15.9 Å². The normalized spacial score (nSPS) is 11.3. The van der Waals surface area contributed by atoms with Gasteiger partial charge >= 0.3 is 10.1 Å². The number of aryl methyl sites for hydroxylation is 2. The highest BCUT2D eigenvalue weighted by Crippen LogP contribution is 2.27. The summed E-state index contributed by atoms with van der Waals surface area (Å²) in [4.78, 5) is -0.216. The molecule has 0 unspecified atom stereocenters. The van der Waals surface area contributed by atoms with Crippen LogP contribution >= 0.6 is 0 Å². The van der Waals surface area contributed by atoms with Gasteiger partial charge in [0.1, 0.15) is 22.2 Å². The molecule has 0 radical (unpaired) electrons. The van der Waals surface area contributed by atoms with Gasteiger partial charge in [-0.3, -0.25) is 0 Å². The van der Waals surface area contributed by atoms with Gasteiger partial charge in [0.15, 0.2) is 0 Å². The highest BCUT2D eigenvalue weighted by atomic mass is 32.2. The molecular weight excluding hydrogens is 335 g/mol. The lowest BCUT2D eigenvalue weighted by atomic mass is 10.2. The summed E-state index contributed by atoms with van der Waals surface area (Å²) >= 11 is 0. The SMILES string of the molecule is Cc1cc(OCCCO)cc(OS(=O)(=O)c2cc(F)ccc2C)c1. The van der Waals surface area contributed by atoms with E-state index in [4.69, 9.17) is 14.0 Å². The quantitative estimate of drug-likeness (QED) is 0.611. The number of aliphatic hydroxyl groups excluding tert-OH is 1. The van der Waals surface area contributed by atoms with Crippen molar-refractivity contribution in [3.05, 3.63) is 53.3 Å². The largest absolute Gasteiger partial charge is 0.493 e. The smallest absolute Gasteiger partial charge is 0.339 e. The summed E-state index contributed by atoms with van der Waals surface area (Å²) in [5.74, 6) is -0.137. The Morgan fingerprint density at radius 2 is 1.79 bits per heavy atom. The first-order valence-corrected chi connectivity index (χ1v) is 8.78. The molecule has 2 rings (SSSR count). The number of halogens is 1. The van der Waals surface area contributed by atoms with E-state index in [2.05, 4.69) is 0 Å². The third kappa shape index (κ3) is 4.69. The summed E-state index contributed by atoms with van der Waals surface area (Å²) in [6, 6.07) is 8.21. The van der Waals surface area contributed by atoms with E-state index in [1.54, 1.807) is 26.0 Å². The van der Waals surface area contributed by atoms with Crippen LogP contribution in [0.4, 0.5) is 4.39 Å². The first kappa shape index (κ1) is 18.2. The lowest BCUT2D eigenvalue weighted by Gasteiger charge is -2.12. The summed E-state index contributed by atoms with van der Waals surface area (Å²) in [5.41, 5.74) is 1.14. The average Bonchev–Trinajstić information content (AvgIpc) is 2.49. The number of hydrogen-bond acceptors (Lipinski definition) is 5. The van der Waals surface area contributed by atoms with Gasteiger partial charge in [0.2, 0.25) is 0 Å². The van der Waals surface area contributed by atoms with Crippen LogP contribution in [0.25, 0.3) is 0 Å². The van der Waals surface area contributed by atoms with E-state index in [-0.39, 0.29) is 17.3 Å². The minimum atomic E-state index is -4.16. The van der Waals surface area contributed by atoms with E-state index in [1.165, 1.54) is 18.2 Å². The van der Waals surface area contributed by atoms with Crippen LogP contribution in [0, 0.1) is 19.7 Å². The molecule has 0 atom stereocenters. The standard InChI is InChI=1S/C17H19FO5S/c1-12-8-15(22-7-3-6-19)11-16(9-12)23-24(20,21)17-10-14(18)5-4-13(17)2/h4-5,8-11,19H,3,6-7H2,1-2H3. The number of benzene rings is 2. The topological polar surface area (TPSA) is 72.8 Å². The average molecular weight is 354 g/mol. The van der Waals surface area contributed by atoms with Gasteiger partial charge in [0.25, 0.3) is 0 Å². The van der Waals surface area contributed by atoms with Crippen LogP contribution in [-0.2, 0) is 10.1 Å². The lowest BCUT2D eigenvalue weighted by Crippen LogP contribution is -2.12. The molecule has 2 aromatic rings. The second-order valence-corrected chi connectivity index (χ2v) is 6.87. The van der Waals surface area contributed by atoms with Gasteiger partial charge in [-0.05, 0) is 49.2 Å². The van der Waals surface area contributed by atoms with Crippen LogP contribution in [0.5, 0.6) is 11.5 Å². The predicted molar refractivity (Wildman–Crippen MR) is 87.3 cm³/mol. The van der Waals surface area contributed by atoms with Crippen molar-refractivity contribution in [2.75, 3.05) is 13.2 Å². The highest BCUT2D eigenvalue weighted by molar-refractivity contribution is 7.87. The second-order valence-electron chi connectivity index (χ2n) is 5.35. The zero-order chi connectivity index (χ0) is 17.7. The zero-order valence-electron chi connectivity index (χ0n) is 13.5. The first-order chi connectivity index (χ1) is 11.3. The maximum absolute atomic E-state index is 13.4. The molecule has 0 bridgehead atoms. The van der Waals surface area contributed by atoms with E-state index in [0.29, 0.717) is 24.3 Å². The Morgan fingerprint density at radius 1 is 1.08 bits per heavy atom. The molecule has 5 nitrogen and oxygen atoms in total. The number of rotatable bonds is 7. The Morgan fingerprint density at radius 3 is 2.50 bits per heavy atom. The zero-order valence-corrected chi connectivity index (χ0v) is 14.3. The number of aliphatic hydroxyl groups is 1. The van der Waals surface area contributed by atoms with Gasteiger partial charge in [0, 0.05) is 19.1 Å². The van der Waals surface area contributed by atoms with E-state index in [0.717, 1.165) is 11.6 Å². The summed E-state index contributed by atoms with van der Waals surface area (Å²) < 4.78 is 48.7. The van der Waals surface area contributed by atoms with E-state index in [1.807, 2.05) is 0 Å². The summed E-state index contributed by atoms with van der Waals surface area (Å²) in [7, 11) is -4.16. The summed E-state index contributed by atoms with van der Waals surface area (Å²) in [6.45, 7) is 3.64.